The van der Waals surface area contributed by atoms with Gasteiger partial charge in [0.1, 0.15) is 11.6 Å². The lowest BCUT2D eigenvalue weighted by molar-refractivity contribution is 0.163. The third kappa shape index (κ3) is 5.75. The highest BCUT2D eigenvalue weighted by Gasteiger charge is 2.06. The van der Waals surface area contributed by atoms with E-state index in [0.29, 0.717) is 31.0 Å². The standard InChI is InChI=1S/C13H19F2NO/c1-9(3-10(2)17)7-16-8-11-4-12(14)6-13(15)5-11/h4-6,9-10,16-17H,3,7-8H2,1-2H3. The van der Waals surface area contributed by atoms with Crippen LogP contribution in [-0.4, -0.2) is 17.8 Å². The van der Waals surface area contributed by atoms with Crippen LogP contribution < -0.4 is 5.32 Å². The molecule has 0 aliphatic carbocycles. The first-order chi connectivity index (χ1) is 7.97. The summed E-state index contributed by atoms with van der Waals surface area (Å²) in [6, 6.07) is 3.49. The summed E-state index contributed by atoms with van der Waals surface area (Å²) in [5, 5.41) is 12.3. The van der Waals surface area contributed by atoms with Gasteiger partial charge in [-0.05, 0) is 43.5 Å². The predicted molar refractivity (Wildman–Crippen MR) is 63.5 cm³/mol. The summed E-state index contributed by atoms with van der Waals surface area (Å²) in [6.45, 7) is 4.91. The summed E-state index contributed by atoms with van der Waals surface area (Å²) in [7, 11) is 0. The lowest BCUT2D eigenvalue weighted by Crippen LogP contribution is -2.23. The van der Waals surface area contributed by atoms with E-state index in [-0.39, 0.29) is 6.10 Å². The van der Waals surface area contributed by atoms with E-state index in [0.717, 1.165) is 6.07 Å². The Labute approximate surface area is 101 Å². The van der Waals surface area contributed by atoms with Gasteiger partial charge in [-0.2, -0.15) is 0 Å². The lowest BCUT2D eigenvalue weighted by Gasteiger charge is -2.14. The third-order valence-corrected chi connectivity index (χ3v) is 2.49. The zero-order chi connectivity index (χ0) is 12.8. The Morgan fingerprint density at radius 3 is 2.29 bits per heavy atom. The molecule has 2 atom stereocenters. The van der Waals surface area contributed by atoms with Crippen molar-refractivity contribution in [3.63, 3.8) is 0 Å². The molecule has 0 radical (unpaired) electrons. The molecule has 2 N–H and O–H groups in total. The molecule has 0 aromatic heterocycles. The van der Waals surface area contributed by atoms with Gasteiger partial charge in [-0.15, -0.1) is 0 Å². The molecule has 0 bridgehead atoms. The maximum absolute atomic E-state index is 12.9. The van der Waals surface area contributed by atoms with Gasteiger partial charge in [0, 0.05) is 12.6 Å². The van der Waals surface area contributed by atoms with Gasteiger partial charge in [-0.25, -0.2) is 8.78 Å². The molecular formula is C13H19F2NO. The zero-order valence-corrected chi connectivity index (χ0v) is 10.2. The summed E-state index contributed by atoms with van der Waals surface area (Å²) in [5.41, 5.74) is 0.590. The number of rotatable bonds is 6. The van der Waals surface area contributed by atoms with Crippen LogP contribution in [0.4, 0.5) is 8.78 Å². The maximum Gasteiger partial charge on any atom is 0.126 e. The normalized spacial score (nSPS) is 14.6. The fourth-order valence-electron chi connectivity index (χ4n) is 1.84. The van der Waals surface area contributed by atoms with Crippen molar-refractivity contribution in [3.8, 4) is 0 Å². The van der Waals surface area contributed by atoms with Crippen molar-refractivity contribution < 1.29 is 13.9 Å². The van der Waals surface area contributed by atoms with E-state index >= 15 is 0 Å². The minimum Gasteiger partial charge on any atom is -0.393 e. The van der Waals surface area contributed by atoms with Crippen LogP contribution in [0.5, 0.6) is 0 Å². The highest BCUT2D eigenvalue weighted by molar-refractivity contribution is 5.17. The molecule has 1 rings (SSSR count). The van der Waals surface area contributed by atoms with E-state index in [1.165, 1.54) is 12.1 Å². The highest BCUT2D eigenvalue weighted by atomic mass is 19.1. The molecule has 0 saturated heterocycles. The minimum absolute atomic E-state index is 0.321. The lowest BCUT2D eigenvalue weighted by atomic mass is 10.0. The second-order valence-corrected chi connectivity index (χ2v) is 4.60. The summed E-state index contributed by atoms with van der Waals surface area (Å²) >= 11 is 0. The summed E-state index contributed by atoms with van der Waals surface area (Å²) in [5.74, 6) is -0.786. The van der Waals surface area contributed by atoms with E-state index in [4.69, 9.17) is 0 Å². The number of halogens is 2. The van der Waals surface area contributed by atoms with Gasteiger partial charge in [0.25, 0.3) is 0 Å². The van der Waals surface area contributed by atoms with Gasteiger partial charge < -0.3 is 10.4 Å². The fraction of sp³-hybridized carbons (Fsp3) is 0.538. The van der Waals surface area contributed by atoms with Crippen molar-refractivity contribution in [1.82, 2.24) is 5.32 Å². The smallest absolute Gasteiger partial charge is 0.126 e. The topological polar surface area (TPSA) is 32.3 Å². The van der Waals surface area contributed by atoms with Crippen molar-refractivity contribution in [2.45, 2.75) is 32.9 Å². The van der Waals surface area contributed by atoms with Crippen molar-refractivity contribution in [2.75, 3.05) is 6.54 Å². The molecule has 0 fully saturated rings. The summed E-state index contributed by atoms with van der Waals surface area (Å²) in [6.07, 6.45) is 0.392. The van der Waals surface area contributed by atoms with Gasteiger partial charge in [0.2, 0.25) is 0 Å². The average Bonchev–Trinajstić information content (AvgIpc) is 2.14. The first-order valence-corrected chi connectivity index (χ1v) is 5.81. The average molecular weight is 243 g/mol. The number of nitrogens with one attached hydrogen (secondary N) is 1. The Kier molecular flexibility index (Phi) is 5.51. The Balaban J connectivity index is 2.35. The SMILES string of the molecule is CC(O)CC(C)CNCc1cc(F)cc(F)c1. The van der Waals surface area contributed by atoms with Crippen LogP contribution in [0.3, 0.4) is 0 Å². The highest BCUT2D eigenvalue weighted by Crippen LogP contribution is 2.08. The molecule has 0 saturated carbocycles. The van der Waals surface area contributed by atoms with Gasteiger partial charge >= 0.3 is 0 Å². The van der Waals surface area contributed by atoms with E-state index in [2.05, 4.69) is 5.32 Å². The number of benzene rings is 1. The molecule has 2 nitrogen and oxygen atoms in total. The molecule has 4 heteroatoms. The number of aliphatic hydroxyl groups is 1. The Bertz CT molecular complexity index is 335. The quantitative estimate of drug-likeness (QED) is 0.804. The first kappa shape index (κ1) is 14.1. The minimum atomic E-state index is -0.557. The Morgan fingerprint density at radius 2 is 1.76 bits per heavy atom. The molecule has 1 aromatic rings. The van der Waals surface area contributed by atoms with Gasteiger partial charge in [-0.1, -0.05) is 6.92 Å². The van der Waals surface area contributed by atoms with Crippen LogP contribution in [0.1, 0.15) is 25.8 Å². The van der Waals surface area contributed by atoms with Gasteiger partial charge in [0.05, 0.1) is 6.10 Å². The van der Waals surface area contributed by atoms with Gasteiger partial charge in [0.15, 0.2) is 0 Å². The van der Waals surface area contributed by atoms with E-state index < -0.39 is 11.6 Å². The first-order valence-electron chi connectivity index (χ1n) is 5.81. The molecule has 0 aliphatic rings. The zero-order valence-electron chi connectivity index (χ0n) is 10.2. The fourth-order valence-corrected chi connectivity index (χ4v) is 1.84. The van der Waals surface area contributed by atoms with E-state index in [1.54, 1.807) is 6.92 Å². The Morgan fingerprint density at radius 1 is 1.18 bits per heavy atom. The third-order valence-electron chi connectivity index (χ3n) is 2.49. The summed E-state index contributed by atoms with van der Waals surface area (Å²) < 4.78 is 25.8. The van der Waals surface area contributed by atoms with Crippen molar-refractivity contribution in [3.05, 3.63) is 35.4 Å². The van der Waals surface area contributed by atoms with Crippen LogP contribution in [0, 0.1) is 17.6 Å². The van der Waals surface area contributed by atoms with Crippen molar-refractivity contribution in [1.29, 1.82) is 0 Å². The number of aliphatic hydroxyl groups excluding tert-OH is 1. The van der Waals surface area contributed by atoms with E-state index in [1.807, 2.05) is 6.92 Å². The molecular weight excluding hydrogens is 224 g/mol. The molecule has 0 amide bonds. The van der Waals surface area contributed by atoms with Crippen molar-refractivity contribution >= 4 is 0 Å². The number of hydrogen-bond donors (Lipinski definition) is 2. The van der Waals surface area contributed by atoms with E-state index in [9.17, 15) is 13.9 Å². The molecule has 17 heavy (non-hydrogen) atoms. The van der Waals surface area contributed by atoms with Crippen LogP contribution in [0.25, 0.3) is 0 Å². The molecule has 0 spiro atoms. The largest absolute Gasteiger partial charge is 0.393 e. The van der Waals surface area contributed by atoms with Crippen LogP contribution in [0.2, 0.25) is 0 Å². The van der Waals surface area contributed by atoms with Crippen LogP contribution >= 0.6 is 0 Å². The molecule has 1 aromatic carbocycles. The predicted octanol–water partition coefficient (Wildman–Crippen LogP) is 2.46. The monoisotopic (exact) mass is 243 g/mol. The second kappa shape index (κ2) is 6.67. The van der Waals surface area contributed by atoms with Crippen LogP contribution in [-0.2, 0) is 6.54 Å². The maximum atomic E-state index is 12.9. The second-order valence-electron chi connectivity index (χ2n) is 4.60. The number of hydrogen-bond acceptors (Lipinski definition) is 2. The van der Waals surface area contributed by atoms with Crippen molar-refractivity contribution in [2.24, 2.45) is 5.92 Å². The molecule has 96 valence electrons. The molecule has 0 heterocycles. The van der Waals surface area contributed by atoms with Gasteiger partial charge in [-0.3, -0.25) is 0 Å². The molecule has 2 unspecified atom stereocenters. The van der Waals surface area contributed by atoms with Crippen LogP contribution in [0.15, 0.2) is 18.2 Å². The molecule has 0 aliphatic heterocycles. The Hall–Kier alpha value is -1.00. The summed E-state index contributed by atoms with van der Waals surface area (Å²) in [4.78, 5) is 0.